The molecule has 1 aromatic carbocycles. The number of carbonyl (C=O) groups is 1. The predicted molar refractivity (Wildman–Crippen MR) is 87.1 cm³/mol. The number of fused-ring (bicyclic) bond motifs is 1. The SMILES string of the molecule is COC(=O)c1cn(-c2ncn[nH]2)cc2c(=O)n(-c3ccccc3)nc1-2. The summed E-state index contributed by atoms with van der Waals surface area (Å²) in [5, 5.41) is 10.8. The van der Waals surface area contributed by atoms with Crippen LogP contribution >= 0.6 is 0 Å². The van der Waals surface area contributed by atoms with Gasteiger partial charge in [0, 0.05) is 12.4 Å². The highest BCUT2D eigenvalue weighted by molar-refractivity contribution is 5.96. The van der Waals surface area contributed by atoms with E-state index in [2.05, 4.69) is 20.3 Å². The minimum atomic E-state index is -0.600. The minimum Gasteiger partial charge on any atom is -0.465 e. The Morgan fingerprint density at radius 3 is 2.68 bits per heavy atom. The first kappa shape index (κ1) is 14.8. The summed E-state index contributed by atoms with van der Waals surface area (Å²) in [7, 11) is 1.27. The van der Waals surface area contributed by atoms with Crippen LogP contribution < -0.4 is 5.56 Å². The van der Waals surface area contributed by atoms with Gasteiger partial charge in [-0.05, 0) is 12.1 Å². The average Bonchev–Trinajstić information content (AvgIpc) is 3.30. The van der Waals surface area contributed by atoms with Crippen LogP contribution in [0.2, 0.25) is 0 Å². The molecule has 2 aliphatic heterocycles. The summed E-state index contributed by atoms with van der Waals surface area (Å²) in [6.07, 6.45) is 4.38. The number of esters is 1. The number of benzene rings is 1. The van der Waals surface area contributed by atoms with E-state index in [1.54, 1.807) is 30.5 Å². The summed E-state index contributed by atoms with van der Waals surface area (Å²) < 4.78 is 7.57. The van der Waals surface area contributed by atoms with Gasteiger partial charge in [-0.15, -0.1) is 0 Å². The molecule has 0 atom stereocenters. The van der Waals surface area contributed by atoms with Crippen molar-refractivity contribution in [1.82, 2.24) is 29.5 Å². The van der Waals surface area contributed by atoms with Gasteiger partial charge >= 0.3 is 5.97 Å². The van der Waals surface area contributed by atoms with E-state index >= 15 is 0 Å². The molecular weight excluding hydrogens is 324 g/mol. The molecule has 0 spiro atoms. The maximum absolute atomic E-state index is 12.8. The minimum absolute atomic E-state index is 0.156. The fourth-order valence-corrected chi connectivity index (χ4v) is 2.56. The van der Waals surface area contributed by atoms with E-state index in [9.17, 15) is 9.59 Å². The van der Waals surface area contributed by atoms with E-state index in [1.807, 2.05) is 6.07 Å². The Morgan fingerprint density at radius 1 is 1.20 bits per heavy atom. The third-order valence-corrected chi connectivity index (χ3v) is 3.72. The quantitative estimate of drug-likeness (QED) is 0.560. The number of pyridine rings is 1. The van der Waals surface area contributed by atoms with Crippen LogP contribution in [-0.4, -0.2) is 42.6 Å². The summed E-state index contributed by atoms with van der Waals surface area (Å²) >= 11 is 0. The number of H-pyrrole nitrogens is 1. The van der Waals surface area contributed by atoms with Crippen LogP contribution in [0.5, 0.6) is 0 Å². The van der Waals surface area contributed by atoms with Crippen molar-refractivity contribution < 1.29 is 9.53 Å². The summed E-state index contributed by atoms with van der Waals surface area (Å²) in [6.45, 7) is 0. The molecule has 4 rings (SSSR count). The molecule has 1 N–H and O–H groups in total. The Kier molecular flexibility index (Phi) is 3.38. The third-order valence-electron chi connectivity index (χ3n) is 3.72. The van der Waals surface area contributed by atoms with Crippen molar-refractivity contribution >= 4 is 5.97 Å². The van der Waals surface area contributed by atoms with Gasteiger partial charge in [-0.25, -0.2) is 9.89 Å². The number of para-hydroxylation sites is 1. The van der Waals surface area contributed by atoms with Crippen molar-refractivity contribution in [1.29, 1.82) is 0 Å². The van der Waals surface area contributed by atoms with Crippen LogP contribution in [-0.2, 0) is 4.74 Å². The van der Waals surface area contributed by atoms with Crippen LogP contribution in [0.3, 0.4) is 0 Å². The van der Waals surface area contributed by atoms with Gasteiger partial charge in [-0.1, -0.05) is 18.2 Å². The van der Waals surface area contributed by atoms with E-state index in [0.717, 1.165) is 0 Å². The van der Waals surface area contributed by atoms with E-state index in [0.29, 0.717) is 11.6 Å². The monoisotopic (exact) mass is 336 g/mol. The molecule has 1 aromatic heterocycles. The molecule has 0 radical (unpaired) electrons. The largest absolute Gasteiger partial charge is 0.465 e. The number of aromatic amines is 1. The van der Waals surface area contributed by atoms with Crippen LogP contribution in [0.25, 0.3) is 22.9 Å². The number of hydrogen-bond acceptors (Lipinski definition) is 6. The standard InChI is InChI=1S/C16H12N6O3/c1-25-15(24)12-8-21(16-17-9-18-19-16)7-11-13(12)20-22(14(11)23)10-5-3-2-4-6-10/h2-9H,1H3,(H,17,18,19). The number of ether oxygens (including phenoxy) is 1. The maximum Gasteiger partial charge on any atom is 0.341 e. The molecule has 25 heavy (non-hydrogen) atoms. The first-order valence-electron chi connectivity index (χ1n) is 7.33. The molecule has 0 aliphatic carbocycles. The van der Waals surface area contributed by atoms with Gasteiger partial charge in [-0.3, -0.25) is 9.36 Å². The van der Waals surface area contributed by atoms with Crippen molar-refractivity contribution in [2.24, 2.45) is 0 Å². The zero-order chi connectivity index (χ0) is 17.4. The van der Waals surface area contributed by atoms with E-state index in [4.69, 9.17) is 4.74 Å². The first-order chi connectivity index (χ1) is 12.2. The van der Waals surface area contributed by atoms with Crippen molar-refractivity contribution in [3.63, 3.8) is 0 Å². The van der Waals surface area contributed by atoms with Gasteiger partial charge in [0.1, 0.15) is 17.6 Å². The molecule has 0 amide bonds. The lowest BCUT2D eigenvalue weighted by atomic mass is 10.1. The summed E-state index contributed by atoms with van der Waals surface area (Å²) in [6, 6.07) is 8.97. The topological polar surface area (TPSA) is 108 Å². The summed E-state index contributed by atoms with van der Waals surface area (Å²) in [5.74, 6) is -0.240. The van der Waals surface area contributed by atoms with Crippen LogP contribution in [0.4, 0.5) is 0 Å². The second-order valence-corrected chi connectivity index (χ2v) is 5.19. The number of hydrogen-bond donors (Lipinski definition) is 1. The molecule has 124 valence electrons. The number of aromatic nitrogens is 6. The second-order valence-electron chi connectivity index (χ2n) is 5.19. The van der Waals surface area contributed by atoms with E-state index in [1.165, 1.54) is 28.9 Å². The fourth-order valence-electron chi connectivity index (χ4n) is 2.56. The van der Waals surface area contributed by atoms with Crippen molar-refractivity contribution in [2.75, 3.05) is 7.11 Å². The van der Waals surface area contributed by atoms with Gasteiger partial charge in [0.25, 0.3) is 5.56 Å². The zero-order valence-corrected chi connectivity index (χ0v) is 13.1. The molecule has 0 saturated heterocycles. The molecule has 9 nitrogen and oxygen atoms in total. The molecule has 0 saturated carbocycles. The molecule has 0 bridgehead atoms. The normalized spacial score (nSPS) is 10.9. The molecule has 3 heterocycles. The van der Waals surface area contributed by atoms with Crippen molar-refractivity contribution in [2.45, 2.75) is 0 Å². The number of nitrogens with zero attached hydrogens (tertiary/aromatic N) is 5. The highest BCUT2D eigenvalue weighted by Crippen LogP contribution is 2.23. The Bertz CT molecular complexity index is 1070. The lowest BCUT2D eigenvalue weighted by Crippen LogP contribution is -2.15. The Balaban J connectivity index is 2.02. The van der Waals surface area contributed by atoms with Crippen LogP contribution in [0.15, 0.2) is 53.8 Å². The molecular formula is C16H12N6O3. The Hall–Kier alpha value is -3.75. The fraction of sp³-hybridized carbons (Fsp3) is 0.0625. The molecule has 9 heteroatoms. The lowest BCUT2D eigenvalue weighted by molar-refractivity contribution is 0.0600. The van der Waals surface area contributed by atoms with Gasteiger partial charge in [0.15, 0.2) is 0 Å². The maximum atomic E-state index is 12.8. The Labute approximate surface area is 140 Å². The number of carbonyl (C=O) groups excluding carboxylic acids is 1. The van der Waals surface area contributed by atoms with Gasteiger partial charge < -0.3 is 4.74 Å². The lowest BCUT2D eigenvalue weighted by Gasteiger charge is -2.08. The molecule has 0 unspecified atom stereocenters. The number of methoxy groups -OCH3 is 1. The first-order valence-corrected chi connectivity index (χ1v) is 7.33. The van der Waals surface area contributed by atoms with Crippen LogP contribution in [0, 0.1) is 0 Å². The van der Waals surface area contributed by atoms with E-state index < -0.39 is 5.97 Å². The predicted octanol–water partition coefficient (Wildman–Crippen LogP) is 1.03. The van der Waals surface area contributed by atoms with Crippen LogP contribution in [0.1, 0.15) is 10.4 Å². The van der Waals surface area contributed by atoms with Crippen molar-refractivity contribution in [3.05, 3.63) is 65.0 Å². The van der Waals surface area contributed by atoms with Crippen molar-refractivity contribution in [3.8, 4) is 22.9 Å². The average molecular weight is 336 g/mol. The smallest absolute Gasteiger partial charge is 0.341 e. The third kappa shape index (κ3) is 2.38. The summed E-state index contributed by atoms with van der Waals surface area (Å²) in [5.41, 5.74) is 0.939. The summed E-state index contributed by atoms with van der Waals surface area (Å²) in [4.78, 5) is 29.0. The molecule has 0 fully saturated rings. The zero-order valence-electron chi connectivity index (χ0n) is 13.1. The highest BCUT2D eigenvalue weighted by Gasteiger charge is 2.25. The Morgan fingerprint density at radius 2 is 2.00 bits per heavy atom. The van der Waals surface area contributed by atoms with Gasteiger partial charge in [0.05, 0.1) is 18.4 Å². The van der Waals surface area contributed by atoms with Gasteiger partial charge in [-0.2, -0.15) is 19.9 Å². The van der Waals surface area contributed by atoms with E-state index in [-0.39, 0.29) is 22.4 Å². The number of rotatable bonds is 3. The molecule has 2 aromatic rings. The molecule has 2 aliphatic rings. The van der Waals surface area contributed by atoms with Gasteiger partial charge in [0.2, 0.25) is 5.95 Å². The number of nitrogens with one attached hydrogen (secondary N) is 1. The highest BCUT2D eigenvalue weighted by atomic mass is 16.5. The second kappa shape index (κ2) is 5.71.